The fourth-order valence-electron chi connectivity index (χ4n) is 1.45. The van der Waals surface area contributed by atoms with E-state index >= 15 is 0 Å². The van der Waals surface area contributed by atoms with Gasteiger partial charge in [-0.05, 0) is 12.1 Å². The average molecular weight is 411 g/mol. The van der Waals surface area contributed by atoms with E-state index in [1.165, 1.54) is 24.3 Å². The molecule has 1 aromatic carbocycles. The molecule has 0 unspecified atom stereocenters. The standard InChI is InChI=1S/C14H10ClF7O4/c15-8-3-1-2-4-9(8)26-11(24)6-5-10(23)25-7-12(16,17)13(18,19)14(20,21)22/h1-4H,5-7H2. The van der Waals surface area contributed by atoms with Crippen molar-refractivity contribution in [2.75, 3.05) is 6.61 Å². The van der Waals surface area contributed by atoms with E-state index in [0.717, 1.165) is 0 Å². The van der Waals surface area contributed by atoms with Crippen molar-refractivity contribution in [3.63, 3.8) is 0 Å². The van der Waals surface area contributed by atoms with Crippen LogP contribution < -0.4 is 4.74 Å². The van der Waals surface area contributed by atoms with E-state index in [9.17, 15) is 40.3 Å². The first kappa shape index (κ1) is 22.0. The van der Waals surface area contributed by atoms with E-state index < -0.39 is 49.4 Å². The summed E-state index contributed by atoms with van der Waals surface area (Å²) in [7, 11) is 0. The van der Waals surface area contributed by atoms with Gasteiger partial charge in [0.2, 0.25) is 0 Å². The van der Waals surface area contributed by atoms with Gasteiger partial charge in [0.25, 0.3) is 0 Å². The summed E-state index contributed by atoms with van der Waals surface area (Å²) >= 11 is 5.70. The first-order chi connectivity index (χ1) is 11.8. The van der Waals surface area contributed by atoms with Crippen LogP contribution in [0, 0.1) is 0 Å². The second-order valence-electron chi connectivity index (χ2n) is 4.84. The Hall–Kier alpha value is -2.04. The highest BCUT2D eigenvalue weighted by atomic mass is 35.5. The molecule has 0 aromatic heterocycles. The van der Waals surface area contributed by atoms with E-state index in [-0.39, 0.29) is 10.8 Å². The summed E-state index contributed by atoms with van der Waals surface area (Å²) in [5.41, 5.74) is 0. The van der Waals surface area contributed by atoms with Crippen LogP contribution in [0.1, 0.15) is 12.8 Å². The topological polar surface area (TPSA) is 52.6 Å². The minimum absolute atomic E-state index is 0.0520. The highest BCUT2D eigenvalue weighted by Gasteiger charge is 2.73. The minimum Gasteiger partial charge on any atom is -0.459 e. The monoisotopic (exact) mass is 410 g/mol. The minimum atomic E-state index is -6.53. The Morgan fingerprint density at radius 3 is 2.00 bits per heavy atom. The van der Waals surface area contributed by atoms with E-state index in [4.69, 9.17) is 16.3 Å². The summed E-state index contributed by atoms with van der Waals surface area (Å²) in [5.74, 6) is -14.7. The van der Waals surface area contributed by atoms with Crippen LogP contribution in [0.15, 0.2) is 24.3 Å². The van der Waals surface area contributed by atoms with Crippen molar-refractivity contribution < 1.29 is 49.8 Å². The molecule has 1 aromatic rings. The van der Waals surface area contributed by atoms with Crippen LogP contribution >= 0.6 is 11.6 Å². The van der Waals surface area contributed by atoms with Crippen LogP contribution in [0.2, 0.25) is 5.02 Å². The largest absolute Gasteiger partial charge is 0.460 e. The van der Waals surface area contributed by atoms with E-state index in [1.807, 2.05) is 0 Å². The second kappa shape index (κ2) is 8.11. The van der Waals surface area contributed by atoms with E-state index in [0.29, 0.717) is 0 Å². The summed E-state index contributed by atoms with van der Waals surface area (Å²) in [6.07, 6.45) is -8.11. The maximum Gasteiger partial charge on any atom is 0.460 e. The maximum atomic E-state index is 12.9. The number of ether oxygens (including phenoxy) is 2. The summed E-state index contributed by atoms with van der Waals surface area (Å²) in [6, 6.07) is 5.72. The molecule has 0 aliphatic heterocycles. The molecule has 12 heteroatoms. The van der Waals surface area contributed by atoms with Crippen molar-refractivity contribution in [3.05, 3.63) is 29.3 Å². The van der Waals surface area contributed by atoms with Crippen molar-refractivity contribution in [2.45, 2.75) is 30.9 Å². The lowest BCUT2D eigenvalue weighted by Crippen LogP contribution is -2.54. The molecule has 0 saturated carbocycles. The zero-order valence-electron chi connectivity index (χ0n) is 12.6. The van der Waals surface area contributed by atoms with Crippen molar-refractivity contribution in [3.8, 4) is 5.75 Å². The number of halogens is 8. The zero-order chi connectivity index (χ0) is 20.2. The van der Waals surface area contributed by atoms with Crippen molar-refractivity contribution in [1.29, 1.82) is 0 Å². The number of hydrogen-bond donors (Lipinski definition) is 0. The molecule has 0 N–H and O–H groups in total. The molecule has 26 heavy (non-hydrogen) atoms. The molecule has 146 valence electrons. The maximum absolute atomic E-state index is 12.9. The Balaban J connectivity index is 2.50. The van der Waals surface area contributed by atoms with Gasteiger partial charge < -0.3 is 9.47 Å². The number of esters is 2. The Kier molecular flexibility index (Phi) is 6.86. The van der Waals surface area contributed by atoms with Crippen LogP contribution in [0.4, 0.5) is 30.7 Å². The van der Waals surface area contributed by atoms with Crippen LogP contribution in [0.3, 0.4) is 0 Å². The van der Waals surface area contributed by atoms with Crippen LogP contribution in [-0.4, -0.2) is 36.6 Å². The van der Waals surface area contributed by atoms with Crippen molar-refractivity contribution in [2.24, 2.45) is 0 Å². The molecule has 0 radical (unpaired) electrons. The van der Waals surface area contributed by atoms with Crippen LogP contribution in [-0.2, 0) is 14.3 Å². The van der Waals surface area contributed by atoms with Gasteiger partial charge in [0.1, 0.15) is 5.75 Å². The first-order valence-corrected chi connectivity index (χ1v) is 7.09. The predicted molar refractivity (Wildman–Crippen MR) is 73.2 cm³/mol. The van der Waals surface area contributed by atoms with E-state index in [1.54, 1.807) is 0 Å². The lowest BCUT2D eigenvalue weighted by atomic mass is 10.2. The lowest BCUT2D eigenvalue weighted by Gasteiger charge is -2.27. The normalized spacial score (nSPS) is 12.6. The number of para-hydroxylation sites is 1. The molecule has 0 fully saturated rings. The number of rotatable bonds is 7. The molecule has 0 spiro atoms. The molecule has 0 atom stereocenters. The molecule has 0 saturated heterocycles. The number of carbonyl (C=O) groups excluding carboxylic acids is 2. The number of hydrogen-bond acceptors (Lipinski definition) is 4. The summed E-state index contributed by atoms with van der Waals surface area (Å²) in [4.78, 5) is 22.6. The van der Waals surface area contributed by atoms with Crippen LogP contribution in [0.25, 0.3) is 0 Å². The summed E-state index contributed by atoms with van der Waals surface area (Å²) in [6.45, 7) is -2.50. The summed E-state index contributed by atoms with van der Waals surface area (Å²) in [5, 5.41) is 0.0671. The highest BCUT2D eigenvalue weighted by molar-refractivity contribution is 6.32. The van der Waals surface area contributed by atoms with Crippen molar-refractivity contribution >= 4 is 23.5 Å². The molecule has 0 heterocycles. The van der Waals surface area contributed by atoms with E-state index in [2.05, 4.69) is 4.74 Å². The molecule has 1 rings (SSSR count). The quantitative estimate of drug-likeness (QED) is 0.380. The van der Waals surface area contributed by atoms with Gasteiger partial charge in [-0.25, -0.2) is 0 Å². The van der Waals surface area contributed by atoms with Gasteiger partial charge in [-0.3, -0.25) is 9.59 Å². The average Bonchev–Trinajstić information content (AvgIpc) is 2.52. The van der Waals surface area contributed by atoms with Gasteiger partial charge in [0, 0.05) is 0 Å². The molecule has 4 nitrogen and oxygen atoms in total. The number of alkyl halides is 7. The van der Waals surface area contributed by atoms with Gasteiger partial charge in [-0.15, -0.1) is 0 Å². The van der Waals surface area contributed by atoms with Crippen LogP contribution in [0.5, 0.6) is 5.75 Å². The Labute approximate surface area is 146 Å². The van der Waals surface area contributed by atoms with Gasteiger partial charge in [0.05, 0.1) is 17.9 Å². The SMILES string of the molecule is O=C(CCC(=O)Oc1ccccc1Cl)OCC(F)(F)C(F)(F)C(F)(F)F. The Morgan fingerprint density at radius 1 is 0.923 bits per heavy atom. The smallest absolute Gasteiger partial charge is 0.459 e. The third-order valence-corrected chi connectivity index (χ3v) is 3.14. The van der Waals surface area contributed by atoms with Crippen molar-refractivity contribution in [1.82, 2.24) is 0 Å². The van der Waals surface area contributed by atoms with Gasteiger partial charge >= 0.3 is 30.0 Å². The Bertz CT molecular complexity index is 661. The van der Waals surface area contributed by atoms with Gasteiger partial charge in [-0.2, -0.15) is 30.7 Å². The third kappa shape index (κ3) is 5.48. The fraction of sp³-hybridized carbons (Fsp3) is 0.429. The van der Waals surface area contributed by atoms with Gasteiger partial charge in [-0.1, -0.05) is 23.7 Å². The Morgan fingerprint density at radius 2 is 1.46 bits per heavy atom. The first-order valence-electron chi connectivity index (χ1n) is 6.71. The highest BCUT2D eigenvalue weighted by Crippen LogP contribution is 2.46. The molecular formula is C14H10ClF7O4. The lowest BCUT2D eigenvalue weighted by molar-refractivity contribution is -0.359. The number of benzene rings is 1. The molecular weight excluding hydrogens is 401 g/mol. The predicted octanol–water partition coefficient (Wildman–Crippen LogP) is 4.40. The zero-order valence-corrected chi connectivity index (χ0v) is 13.3. The molecule has 0 aliphatic carbocycles. The molecule has 0 bridgehead atoms. The second-order valence-corrected chi connectivity index (χ2v) is 5.25. The fourth-order valence-corrected chi connectivity index (χ4v) is 1.62. The number of carbonyl (C=O) groups is 2. The molecule has 0 aliphatic rings. The van der Waals surface area contributed by atoms with Gasteiger partial charge in [0.15, 0.2) is 6.61 Å². The molecule has 0 amide bonds. The third-order valence-electron chi connectivity index (χ3n) is 2.82. The summed E-state index contributed by atoms with van der Waals surface area (Å²) < 4.78 is 95.2.